The molecule has 0 saturated carbocycles. The van der Waals surface area contributed by atoms with Gasteiger partial charge in [0.1, 0.15) is 29.0 Å². The van der Waals surface area contributed by atoms with Crippen molar-refractivity contribution >= 4 is 23.0 Å². The molecule has 3 aromatic rings. The van der Waals surface area contributed by atoms with Gasteiger partial charge in [-0.3, -0.25) is 0 Å². The first kappa shape index (κ1) is 17.7. The van der Waals surface area contributed by atoms with Crippen LogP contribution in [0.4, 0.5) is 27.4 Å². The van der Waals surface area contributed by atoms with Crippen LogP contribution in [0.25, 0.3) is 0 Å². The van der Waals surface area contributed by atoms with Crippen molar-refractivity contribution in [3.05, 3.63) is 66.2 Å². The number of hydrogen-bond donors (Lipinski definition) is 2. The molecule has 134 valence electrons. The lowest BCUT2D eigenvalue weighted by Gasteiger charge is -2.12. The highest BCUT2D eigenvalue weighted by Crippen LogP contribution is 2.23. The van der Waals surface area contributed by atoms with Gasteiger partial charge in [-0.05, 0) is 57.2 Å². The standard InChI is InChI=1S/C20H21FN4O/c1-13(2)26-16-10-8-15(9-11-16)24-19-12-20(23-14(3)22-19)25-18-7-5-4-6-17(18)21/h4-13H,1-3H3,(H2,22,23,24,25). The van der Waals surface area contributed by atoms with E-state index >= 15 is 0 Å². The van der Waals surface area contributed by atoms with E-state index in [4.69, 9.17) is 4.74 Å². The molecule has 0 aliphatic carbocycles. The number of halogens is 1. The van der Waals surface area contributed by atoms with E-state index in [9.17, 15) is 4.39 Å². The van der Waals surface area contributed by atoms with Crippen LogP contribution in [-0.2, 0) is 0 Å². The number of aromatic nitrogens is 2. The van der Waals surface area contributed by atoms with Gasteiger partial charge >= 0.3 is 0 Å². The predicted octanol–water partition coefficient (Wildman–Crippen LogP) is 5.20. The van der Waals surface area contributed by atoms with Crippen molar-refractivity contribution in [1.29, 1.82) is 0 Å². The van der Waals surface area contributed by atoms with E-state index in [2.05, 4.69) is 20.6 Å². The van der Waals surface area contributed by atoms with Crippen molar-refractivity contribution in [2.75, 3.05) is 10.6 Å². The average molecular weight is 352 g/mol. The summed E-state index contributed by atoms with van der Waals surface area (Å²) in [6, 6.07) is 15.8. The van der Waals surface area contributed by atoms with Crippen molar-refractivity contribution < 1.29 is 9.13 Å². The number of nitrogens with one attached hydrogen (secondary N) is 2. The number of aryl methyl sites for hydroxylation is 1. The zero-order valence-corrected chi connectivity index (χ0v) is 15.0. The summed E-state index contributed by atoms with van der Waals surface area (Å²) in [5.74, 6) is 2.19. The molecule has 0 bridgehead atoms. The number of benzene rings is 2. The summed E-state index contributed by atoms with van der Waals surface area (Å²) in [6.45, 7) is 5.76. The highest BCUT2D eigenvalue weighted by molar-refractivity contribution is 5.63. The third kappa shape index (κ3) is 4.69. The molecule has 0 spiro atoms. The second kappa shape index (κ2) is 7.82. The molecule has 0 atom stereocenters. The van der Waals surface area contributed by atoms with Crippen LogP contribution in [0, 0.1) is 12.7 Å². The average Bonchev–Trinajstić information content (AvgIpc) is 2.58. The van der Waals surface area contributed by atoms with Crippen LogP contribution in [-0.4, -0.2) is 16.1 Å². The normalized spacial score (nSPS) is 10.7. The maximum Gasteiger partial charge on any atom is 0.146 e. The molecule has 0 unspecified atom stereocenters. The Kier molecular flexibility index (Phi) is 5.31. The maximum absolute atomic E-state index is 13.8. The highest BCUT2D eigenvalue weighted by atomic mass is 19.1. The van der Waals surface area contributed by atoms with Crippen molar-refractivity contribution in [3.63, 3.8) is 0 Å². The monoisotopic (exact) mass is 352 g/mol. The molecule has 3 rings (SSSR count). The van der Waals surface area contributed by atoms with Crippen LogP contribution in [0.15, 0.2) is 54.6 Å². The van der Waals surface area contributed by atoms with Crippen LogP contribution in [0.5, 0.6) is 5.75 Å². The Bertz CT molecular complexity index is 881. The molecule has 0 fully saturated rings. The summed E-state index contributed by atoms with van der Waals surface area (Å²) in [5.41, 5.74) is 1.24. The third-order valence-corrected chi connectivity index (χ3v) is 3.47. The molecule has 6 heteroatoms. The molecule has 0 amide bonds. The van der Waals surface area contributed by atoms with E-state index in [-0.39, 0.29) is 11.9 Å². The Morgan fingerprint density at radius 2 is 1.58 bits per heavy atom. The number of hydrogen-bond acceptors (Lipinski definition) is 5. The molecule has 0 aliphatic heterocycles. The topological polar surface area (TPSA) is 59.1 Å². The second-order valence-electron chi connectivity index (χ2n) is 6.11. The molecule has 26 heavy (non-hydrogen) atoms. The van der Waals surface area contributed by atoms with E-state index in [1.807, 2.05) is 38.1 Å². The van der Waals surface area contributed by atoms with Crippen molar-refractivity contribution in [1.82, 2.24) is 9.97 Å². The van der Waals surface area contributed by atoms with Gasteiger partial charge in [-0.2, -0.15) is 0 Å². The van der Waals surface area contributed by atoms with E-state index in [0.29, 0.717) is 23.1 Å². The Hall–Kier alpha value is -3.15. The van der Waals surface area contributed by atoms with E-state index in [0.717, 1.165) is 11.4 Å². The second-order valence-corrected chi connectivity index (χ2v) is 6.11. The Balaban J connectivity index is 1.76. The van der Waals surface area contributed by atoms with Gasteiger partial charge in [-0.25, -0.2) is 14.4 Å². The first-order chi connectivity index (χ1) is 12.5. The smallest absolute Gasteiger partial charge is 0.146 e. The Labute approximate surface area is 152 Å². The maximum atomic E-state index is 13.8. The van der Waals surface area contributed by atoms with Gasteiger partial charge in [0.05, 0.1) is 11.8 Å². The zero-order valence-electron chi connectivity index (χ0n) is 15.0. The van der Waals surface area contributed by atoms with Crippen LogP contribution in [0.1, 0.15) is 19.7 Å². The van der Waals surface area contributed by atoms with Gasteiger partial charge < -0.3 is 15.4 Å². The highest BCUT2D eigenvalue weighted by Gasteiger charge is 2.06. The zero-order chi connectivity index (χ0) is 18.5. The summed E-state index contributed by atoms with van der Waals surface area (Å²) in [7, 11) is 0. The van der Waals surface area contributed by atoms with E-state index < -0.39 is 0 Å². The van der Waals surface area contributed by atoms with Crippen LogP contribution >= 0.6 is 0 Å². The molecular formula is C20H21FN4O. The molecule has 1 heterocycles. The first-order valence-corrected chi connectivity index (χ1v) is 8.40. The minimum absolute atomic E-state index is 0.130. The summed E-state index contributed by atoms with van der Waals surface area (Å²) < 4.78 is 19.5. The quantitative estimate of drug-likeness (QED) is 0.639. The molecular weight excluding hydrogens is 331 g/mol. The molecule has 2 aromatic carbocycles. The number of anilines is 4. The summed E-state index contributed by atoms with van der Waals surface area (Å²) in [4.78, 5) is 8.69. The summed E-state index contributed by atoms with van der Waals surface area (Å²) in [5, 5.41) is 6.21. The van der Waals surface area contributed by atoms with Gasteiger partial charge in [-0.15, -0.1) is 0 Å². The van der Waals surface area contributed by atoms with Gasteiger partial charge in [0, 0.05) is 11.8 Å². The fraction of sp³-hybridized carbons (Fsp3) is 0.200. The molecule has 0 radical (unpaired) electrons. The number of para-hydroxylation sites is 1. The van der Waals surface area contributed by atoms with Gasteiger partial charge in [-0.1, -0.05) is 12.1 Å². The number of nitrogens with zero attached hydrogens (tertiary/aromatic N) is 2. The van der Waals surface area contributed by atoms with E-state index in [1.54, 1.807) is 31.2 Å². The molecule has 0 aliphatic rings. The van der Waals surface area contributed by atoms with E-state index in [1.165, 1.54) is 6.07 Å². The van der Waals surface area contributed by atoms with Crippen LogP contribution in [0.3, 0.4) is 0 Å². The van der Waals surface area contributed by atoms with Crippen molar-refractivity contribution in [2.24, 2.45) is 0 Å². The SMILES string of the molecule is Cc1nc(Nc2ccc(OC(C)C)cc2)cc(Nc2ccccc2F)n1. The number of rotatable bonds is 6. The molecule has 1 aromatic heterocycles. The third-order valence-electron chi connectivity index (χ3n) is 3.47. The minimum Gasteiger partial charge on any atom is -0.491 e. The van der Waals surface area contributed by atoms with Crippen LogP contribution in [0.2, 0.25) is 0 Å². The summed E-state index contributed by atoms with van der Waals surface area (Å²) >= 11 is 0. The predicted molar refractivity (Wildman–Crippen MR) is 102 cm³/mol. The van der Waals surface area contributed by atoms with Gasteiger partial charge in [0.2, 0.25) is 0 Å². The van der Waals surface area contributed by atoms with Crippen LogP contribution < -0.4 is 15.4 Å². The minimum atomic E-state index is -0.334. The number of ether oxygens (including phenoxy) is 1. The molecule has 0 saturated heterocycles. The largest absolute Gasteiger partial charge is 0.491 e. The van der Waals surface area contributed by atoms with Gasteiger partial charge in [0.15, 0.2) is 0 Å². The fourth-order valence-corrected chi connectivity index (χ4v) is 2.43. The Morgan fingerprint density at radius 3 is 2.23 bits per heavy atom. The van der Waals surface area contributed by atoms with Gasteiger partial charge in [0.25, 0.3) is 0 Å². The van der Waals surface area contributed by atoms with Crippen molar-refractivity contribution in [2.45, 2.75) is 26.9 Å². The fourth-order valence-electron chi connectivity index (χ4n) is 2.43. The lowest BCUT2D eigenvalue weighted by Crippen LogP contribution is -2.05. The lowest BCUT2D eigenvalue weighted by molar-refractivity contribution is 0.242. The van der Waals surface area contributed by atoms with Crippen molar-refractivity contribution in [3.8, 4) is 5.75 Å². The lowest BCUT2D eigenvalue weighted by atomic mass is 10.3. The Morgan fingerprint density at radius 1 is 0.923 bits per heavy atom. The molecule has 2 N–H and O–H groups in total. The first-order valence-electron chi connectivity index (χ1n) is 8.40. The molecule has 5 nitrogen and oxygen atoms in total. The summed E-state index contributed by atoms with van der Waals surface area (Å²) in [6.07, 6.45) is 0.130.